The normalized spacial score (nSPS) is 32.3. The maximum Gasteiger partial charge on any atom is 0.411 e. The van der Waals surface area contributed by atoms with Crippen LogP contribution < -0.4 is 16.4 Å². The zero-order valence-electron chi connectivity index (χ0n) is 20.0. The van der Waals surface area contributed by atoms with Crippen molar-refractivity contribution in [2.75, 3.05) is 13.2 Å². The number of piperidine rings is 1. The van der Waals surface area contributed by atoms with Crippen molar-refractivity contribution in [2.24, 2.45) is 28.9 Å². The summed E-state index contributed by atoms with van der Waals surface area (Å²) in [6.45, 7) is 3.98. The number of carbonyl (C=O) groups is 3. The molecule has 1 spiro atoms. The molecule has 4 fully saturated rings. The van der Waals surface area contributed by atoms with Gasteiger partial charge in [-0.3, -0.25) is 14.4 Å². The van der Waals surface area contributed by atoms with Gasteiger partial charge >= 0.3 is 6.18 Å². The highest BCUT2D eigenvalue weighted by molar-refractivity contribution is 5.92. The van der Waals surface area contributed by atoms with E-state index in [1.807, 2.05) is 13.8 Å². The number of ether oxygens (including phenoxy) is 1. The lowest BCUT2D eigenvalue weighted by atomic mass is 9.95. The summed E-state index contributed by atoms with van der Waals surface area (Å²) >= 11 is 0. The predicted molar refractivity (Wildman–Crippen MR) is 116 cm³/mol. The third-order valence-corrected chi connectivity index (χ3v) is 8.30. The second kappa shape index (κ2) is 8.62. The quantitative estimate of drug-likeness (QED) is 0.452. The average molecular weight is 500 g/mol. The van der Waals surface area contributed by atoms with E-state index in [-0.39, 0.29) is 47.6 Å². The molecule has 194 valence electrons. The minimum atomic E-state index is -4.56. The van der Waals surface area contributed by atoms with Crippen LogP contribution in [0.2, 0.25) is 0 Å². The number of fused-ring (bicyclic) bond motifs is 1. The number of nitrogens with zero attached hydrogens (tertiary/aromatic N) is 2. The van der Waals surface area contributed by atoms with Gasteiger partial charge in [0.05, 0.1) is 12.2 Å². The van der Waals surface area contributed by atoms with E-state index in [0.717, 1.165) is 12.8 Å². The predicted octanol–water partition coefficient (Wildman–Crippen LogP) is 0.831. The summed E-state index contributed by atoms with van der Waals surface area (Å²) < 4.78 is 42.2. The highest BCUT2D eigenvalue weighted by Crippen LogP contribution is 2.65. The molecule has 0 bridgehead atoms. The molecule has 12 heteroatoms. The van der Waals surface area contributed by atoms with Gasteiger partial charge in [-0.15, -0.1) is 0 Å². The van der Waals surface area contributed by atoms with Crippen molar-refractivity contribution < 1.29 is 32.3 Å². The minimum absolute atomic E-state index is 0.0386. The molecule has 4 rings (SSSR count). The van der Waals surface area contributed by atoms with Gasteiger partial charge in [-0.1, -0.05) is 13.8 Å². The molecule has 3 amide bonds. The number of hydrogen-bond donors (Lipinski definition) is 3. The molecular formula is C23H32F3N5O4. The number of carbonyl (C=O) groups excluding carboxylic acids is 3. The second-order valence-electron chi connectivity index (χ2n) is 11.1. The van der Waals surface area contributed by atoms with Crippen molar-refractivity contribution in [3.8, 4) is 6.07 Å². The molecule has 9 nitrogen and oxygen atoms in total. The Morgan fingerprint density at radius 2 is 2.03 bits per heavy atom. The van der Waals surface area contributed by atoms with Gasteiger partial charge in [-0.2, -0.15) is 18.4 Å². The summed E-state index contributed by atoms with van der Waals surface area (Å²) in [6, 6.07) is -1.13. The molecule has 2 aliphatic heterocycles. The number of nitrogens with one attached hydrogen (secondary N) is 2. The average Bonchev–Trinajstić information content (AvgIpc) is 3.49. The van der Waals surface area contributed by atoms with Gasteiger partial charge < -0.3 is 26.0 Å². The van der Waals surface area contributed by atoms with Gasteiger partial charge in [-0.25, -0.2) is 0 Å². The maximum absolute atomic E-state index is 13.3. The number of alkyl halides is 3. The van der Waals surface area contributed by atoms with Crippen molar-refractivity contribution in [1.82, 2.24) is 15.5 Å². The van der Waals surface area contributed by atoms with Crippen molar-refractivity contribution in [2.45, 2.75) is 82.4 Å². The Morgan fingerprint density at radius 3 is 2.57 bits per heavy atom. The highest BCUT2D eigenvalue weighted by Gasteiger charge is 2.69. The zero-order valence-corrected chi connectivity index (χ0v) is 20.0. The smallest absolute Gasteiger partial charge is 0.367 e. The Kier molecular flexibility index (Phi) is 6.33. The molecule has 4 N–H and O–H groups in total. The molecule has 35 heavy (non-hydrogen) atoms. The maximum atomic E-state index is 13.3. The number of amides is 3. The van der Waals surface area contributed by atoms with Crippen LogP contribution >= 0.6 is 0 Å². The summed E-state index contributed by atoms with van der Waals surface area (Å²) in [5.41, 5.74) is 5.58. The van der Waals surface area contributed by atoms with Crippen LogP contribution in [0.25, 0.3) is 0 Å². The number of likely N-dealkylation sites (tertiary alicyclic amines) is 1. The first kappa shape index (κ1) is 25.7. The van der Waals surface area contributed by atoms with E-state index < -0.39 is 48.8 Å². The van der Waals surface area contributed by atoms with Gasteiger partial charge in [-0.05, 0) is 49.9 Å². The lowest BCUT2D eigenvalue weighted by Gasteiger charge is -2.33. The van der Waals surface area contributed by atoms with E-state index in [4.69, 9.17) is 10.5 Å². The Morgan fingerprint density at radius 1 is 1.37 bits per heavy atom. The Labute approximate surface area is 201 Å². The Balaban J connectivity index is 1.41. The highest BCUT2D eigenvalue weighted by atomic mass is 19.4. The van der Waals surface area contributed by atoms with Crippen LogP contribution in [0.3, 0.4) is 0 Å². The Hall–Kier alpha value is -2.39. The van der Waals surface area contributed by atoms with Crippen LogP contribution in [0.4, 0.5) is 13.2 Å². The molecule has 2 aliphatic carbocycles. The number of nitrogens with two attached hydrogens (primary N) is 1. The van der Waals surface area contributed by atoms with Crippen molar-refractivity contribution in [1.29, 1.82) is 5.26 Å². The van der Waals surface area contributed by atoms with Gasteiger partial charge in [0.2, 0.25) is 17.7 Å². The standard InChI is InChI=1S/C23H32F3N5O4/c1-11(35-10-23(24,25)26)16(28)20(34)31-9-14-15(21(14,2)3)17(31)19(33)29-13(8-27)6-12-7-22(4-5-22)30-18(12)32/h11-17H,4-7,9-10,28H2,1-3H3,(H,29,33)(H,30,32)/t11-,12-,13+,14+,15+,16+,17+/m1/s1. The van der Waals surface area contributed by atoms with Crippen molar-refractivity contribution in [3.63, 3.8) is 0 Å². The van der Waals surface area contributed by atoms with Gasteiger partial charge in [0.1, 0.15) is 24.7 Å². The summed E-state index contributed by atoms with van der Waals surface area (Å²) in [5.74, 6) is -1.78. The van der Waals surface area contributed by atoms with Crippen LogP contribution in [-0.4, -0.2) is 71.7 Å². The Bertz CT molecular complexity index is 944. The molecule has 0 unspecified atom stereocenters. The van der Waals surface area contributed by atoms with Crippen molar-refractivity contribution >= 4 is 17.7 Å². The first-order valence-electron chi connectivity index (χ1n) is 12.0. The van der Waals surface area contributed by atoms with E-state index in [0.29, 0.717) is 6.42 Å². The first-order valence-corrected chi connectivity index (χ1v) is 12.0. The topological polar surface area (TPSA) is 138 Å². The summed E-state index contributed by atoms with van der Waals surface area (Å²) in [5, 5.41) is 15.3. The summed E-state index contributed by atoms with van der Waals surface area (Å²) in [4.78, 5) is 40.0. The van der Waals surface area contributed by atoms with E-state index in [2.05, 4.69) is 16.7 Å². The second-order valence-corrected chi connectivity index (χ2v) is 11.1. The molecule has 0 aromatic carbocycles. The molecule has 2 saturated carbocycles. The fourth-order valence-corrected chi connectivity index (χ4v) is 5.87. The van der Waals surface area contributed by atoms with Gasteiger partial charge in [0, 0.05) is 18.0 Å². The van der Waals surface area contributed by atoms with Crippen molar-refractivity contribution in [3.05, 3.63) is 0 Å². The first-order chi connectivity index (χ1) is 16.2. The number of rotatable bonds is 8. The molecule has 0 aromatic heterocycles. The molecule has 0 aromatic rings. The monoisotopic (exact) mass is 499 g/mol. The number of hydrogen-bond acceptors (Lipinski definition) is 6. The molecule has 2 saturated heterocycles. The van der Waals surface area contributed by atoms with Gasteiger partial charge in [0.15, 0.2) is 0 Å². The fraction of sp³-hybridized carbons (Fsp3) is 0.826. The van der Waals surface area contributed by atoms with Crippen LogP contribution in [0.1, 0.15) is 46.5 Å². The molecule has 0 radical (unpaired) electrons. The van der Waals surface area contributed by atoms with E-state index in [1.54, 1.807) is 0 Å². The summed E-state index contributed by atoms with van der Waals surface area (Å²) in [6.07, 6.45) is -3.12. The molecule has 7 atom stereocenters. The van der Waals surface area contributed by atoms with Gasteiger partial charge in [0.25, 0.3) is 0 Å². The zero-order chi connectivity index (χ0) is 25.9. The summed E-state index contributed by atoms with van der Waals surface area (Å²) in [7, 11) is 0. The lowest BCUT2D eigenvalue weighted by molar-refractivity contribution is -0.187. The molecular weight excluding hydrogens is 467 g/mol. The SMILES string of the molecule is C[C@@H](OCC(F)(F)F)[C@H](N)C(=O)N1C[C@H]2[C@@H]([C@H]1C(=O)N[C@H](C#N)C[C@@H]1CC3(CC3)NC1=O)C2(C)C. The van der Waals surface area contributed by atoms with E-state index in [1.165, 1.54) is 11.8 Å². The van der Waals surface area contributed by atoms with Crippen LogP contribution in [0, 0.1) is 34.5 Å². The lowest BCUT2D eigenvalue weighted by Crippen LogP contribution is -2.57. The third kappa shape index (κ3) is 4.98. The van der Waals surface area contributed by atoms with E-state index in [9.17, 15) is 32.8 Å². The number of nitriles is 1. The number of halogens is 3. The third-order valence-electron chi connectivity index (χ3n) is 8.30. The van der Waals surface area contributed by atoms with Crippen LogP contribution in [0.5, 0.6) is 0 Å². The fourth-order valence-electron chi connectivity index (χ4n) is 5.87. The van der Waals surface area contributed by atoms with E-state index >= 15 is 0 Å². The molecule has 2 heterocycles. The minimum Gasteiger partial charge on any atom is -0.367 e. The largest absolute Gasteiger partial charge is 0.411 e. The van der Waals surface area contributed by atoms with Crippen LogP contribution in [0.15, 0.2) is 0 Å². The molecule has 4 aliphatic rings. The van der Waals surface area contributed by atoms with Crippen LogP contribution in [-0.2, 0) is 19.1 Å².